The highest BCUT2D eigenvalue weighted by atomic mass is 35.5. The van der Waals surface area contributed by atoms with E-state index < -0.39 is 4.92 Å². The first-order chi connectivity index (χ1) is 9.56. The van der Waals surface area contributed by atoms with Gasteiger partial charge < -0.3 is 5.11 Å². The Morgan fingerprint density at radius 3 is 2.80 bits per heavy atom. The van der Waals surface area contributed by atoms with Crippen molar-refractivity contribution in [1.29, 1.82) is 0 Å². The van der Waals surface area contributed by atoms with Gasteiger partial charge in [-0.2, -0.15) is 5.10 Å². The van der Waals surface area contributed by atoms with Crippen LogP contribution in [0.4, 0.5) is 11.4 Å². The molecule has 0 saturated carbocycles. The summed E-state index contributed by atoms with van der Waals surface area (Å²) in [5.74, 6) is -0.00420. The fourth-order valence-electron chi connectivity index (χ4n) is 1.47. The lowest BCUT2D eigenvalue weighted by Crippen LogP contribution is -1.93. The first-order valence-electron chi connectivity index (χ1n) is 5.58. The molecule has 2 aromatic carbocycles. The molecule has 0 spiro atoms. The number of nitrogens with one attached hydrogen (secondary N) is 1. The molecule has 0 atom stereocenters. The normalized spacial score (nSPS) is 10.7. The number of hydrogen-bond donors (Lipinski definition) is 2. The standard InChI is InChI=1S/C13H10ClN3O3/c14-12-6-9(4-5-13(12)18)8-15-16-10-2-1-3-11(7-10)17(19)20/h1-8,16,18H. The molecule has 7 heteroatoms. The van der Waals surface area contributed by atoms with Gasteiger partial charge in [-0.25, -0.2) is 0 Å². The molecule has 0 fully saturated rings. The number of hydrazone groups is 1. The summed E-state index contributed by atoms with van der Waals surface area (Å²) < 4.78 is 0. The van der Waals surface area contributed by atoms with Crippen LogP contribution in [0.25, 0.3) is 0 Å². The summed E-state index contributed by atoms with van der Waals surface area (Å²) >= 11 is 5.76. The number of anilines is 1. The molecule has 0 aliphatic carbocycles. The second kappa shape index (κ2) is 6.03. The Labute approximate surface area is 119 Å². The summed E-state index contributed by atoms with van der Waals surface area (Å²) in [6, 6.07) is 10.6. The van der Waals surface area contributed by atoms with E-state index in [-0.39, 0.29) is 16.5 Å². The molecular weight excluding hydrogens is 282 g/mol. The summed E-state index contributed by atoms with van der Waals surface area (Å²) in [6.07, 6.45) is 1.49. The lowest BCUT2D eigenvalue weighted by Gasteiger charge is -2.00. The molecule has 20 heavy (non-hydrogen) atoms. The molecule has 0 amide bonds. The second-order valence-corrected chi connectivity index (χ2v) is 4.30. The quantitative estimate of drug-likeness (QED) is 0.513. The molecule has 2 aromatic rings. The van der Waals surface area contributed by atoms with Crippen LogP contribution < -0.4 is 5.43 Å². The predicted octanol–water partition coefficient (Wildman–Crippen LogP) is 3.40. The van der Waals surface area contributed by atoms with Crippen molar-refractivity contribution in [3.8, 4) is 5.75 Å². The molecule has 102 valence electrons. The SMILES string of the molecule is O=[N+]([O-])c1cccc(NN=Cc2ccc(O)c(Cl)c2)c1. The molecule has 0 aliphatic heterocycles. The van der Waals surface area contributed by atoms with Gasteiger partial charge in [-0.05, 0) is 29.8 Å². The van der Waals surface area contributed by atoms with Crippen molar-refractivity contribution in [3.63, 3.8) is 0 Å². The molecule has 2 N–H and O–H groups in total. The molecule has 0 unspecified atom stereocenters. The van der Waals surface area contributed by atoms with E-state index in [0.29, 0.717) is 11.3 Å². The van der Waals surface area contributed by atoms with Gasteiger partial charge in [0.25, 0.3) is 5.69 Å². The van der Waals surface area contributed by atoms with Crippen LogP contribution in [0, 0.1) is 10.1 Å². The van der Waals surface area contributed by atoms with Crippen LogP contribution in [0.1, 0.15) is 5.56 Å². The van der Waals surface area contributed by atoms with Gasteiger partial charge in [0.15, 0.2) is 0 Å². The third kappa shape index (κ3) is 3.46. The number of halogens is 1. The first kappa shape index (κ1) is 13.8. The largest absolute Gasteiger partial charge is 0.506 e. The van der Waals surface area contributed by atoms with E-state index in [1.54, 1.807) is 24.3 Å². The van der Waals surface area contributed by atoms with Crippen molar-refractivity contribution in [2.75, 3.05) is 5.43 Å². The summed E-state index contributed by atoms with van der Waals surface area (Å²) in [5, 5.41) is 24.1. The Kier molecular flexibility index (Phi) is 4.17. The van der Waals surface area contributed by atoms with Crippen molar-refractivity contribution in [2.45, 2.75) is 0 Å². The van der Waals surface area contributed by atoms with Crippen molar-refractivity contribution in [1.82, 2.24) is 0 Å². The number of hydrogen-bond acceptors (Lipinski definition) is 5. The maximum Gasteiger partial charge on any atom is 0.271 e. The van der Waals surface area contributed by atoms with Crippen LogP contribution in [0.15, 0.2) is 47.6 Å². The summed E-state index contributed by atoms with van der Waals surface area (Å²) in [4.78, 5) is 10.1. The average Bonchev–Trinajstić information content (AvgIpc) is 2.43. The highest BCUT2D eigenvalue weighted by Crippen LogP contribution is 2.23. The molecule has 0 aromatic heterocycles. The van der Waals surface area contributed by atoms with Crippen molar-refractivity contribution in [3.05, 3.63) is 63.2 Å². The van der Waals surface area contributed by atoms with Crippen LogP contribution in [0.2, 0.25) is 5.02 Å². The lowest BCUT2D eigenvalue weighted by molar-refractivity contribution is -0.384. The number of nitrogens with zero attached hydrogens (tertiary/aromatic N) is 2. The van der Waals surface area contributed by atoms with E-state index in [1.807, 2.05) is 0 Å². The van der Waals surface area contributed by atoms with Gasteiger partial charge in [0, 0.05) is 12.1 Å². The monoisotopic (exact) mass is 291 g/mol. The molecule has 0 aliphatic rings. The highest BCUT2D eigenvalue weighted by molar-refractivity contribution is 6.32. The molecule has 6 nitrogen and oxygen atoms in total. The zero-order valence-corrected chi connectivity index (χ0v) is 10.9. The summed E-state index contributed by atoms with van der Waals surface area (Å²) in [5.41, 5.74) is 3.85. The van der Waals surface area contributed by atoms with E-state index in [4.69, 9.17) is 11.6 Å². The van der Waals surface area contributed by atoms with Crippen LogP contribution >= 0.6 is 11.6 Å². The van der Waals surface area contributed by atoms with E-state index >= 15 is 0 Å². The first-order valence-corrected chi connectivity index (χ1v) is 5.96. The minimum absolute atomic E-state index is 0.00420. The maximum absolute atomic E-state index is 10.6. The van der Waals surface area contributed by atoms with Crippen LogP contribution in [0.3, 0.4) is 0 Å². The average molecular weight is 292 g/mol. The van der Waals surface area contributed by atoms with E-state index in [9.17, 15) is 15.2 Å². The topological polar surface area (TPSA) is 87.8 Å². The van der Waals surface area contributed by atoms with Gasteiger partial charge >= 0.3 is 0 Å². The van der Waals surface area contributed by atoms with E-state index in [1.165, 1.54) is 24.4 Å². The van der Waals surface area contributed by atoms with Crippen molar-refractivity contribution in [2.24, 2.45) is 5.10 Å². The summed E-state index contributed by atoms with van der Waals surface area (Å²) in [6.45, 7) is 0. The van der Waals surface area contributed by atoms with Gasteiger partial charge in [0.05, 0.1) is 21.8 Å². The number of benzene rings is 2. The highest BCUT2D eigenvalue weighted by Gasteiger charge is 2.04. The Hall–Kier alpha value is -2.60. The van der Waals surface area contributed by atoms with Crippen LogP contribution in [-0.2, 0) is 0 Å². The van der Waals surface area contributed by atoms with Crippen molar-refractivity contribution >= 4 is 29.2 Å². The van der Waals surface area contributed by atoms with Gasteiger partial charge in [0.1, 0.15) is 5.75 Å². The number of phenols is 1. The number of rotatable bonds is 4. The molecule has 0 heterocycles. The predicted molar refractivity (Wildman–Crippen MR) is 77.4 cm³/mol. The molecular formula is C13H10ClN3O3. The number of non-ortho nitro benzene ring substituents is 1. The third-order valence-corrected chi connectivity index (χ3v) is 2.74. The van der Waals surface area contributed by atoms with Crippen molar-refractivity contribution < 1.29 is 10.0 Å². The fraction of sp³-hybridized carbons (Fsp3) is 0. The minimum atomic E-state index is -0.478. The Balaban J connectivity index is 2.07. The van der Waals surface area contributed by atoms with E-state index in [0.717, 1.165) is 0 Å². The Bertz CT molecular complexity index is 674. The van der Waals surface area contributed by atoms with Gasteiger partial charge in [0.2, 0.25) is 0 Å². The zero-order chi connectivity index (χ0) is 14.5. The number of phenolic OH excluding ortho intramolecular Hbond substituents is 1. The van der Waals surface area contributed by atoms with E-state index in [2.05, 4.69) is 10.5 Å². The van der Waals surface area contributed by atoms with Gasteiger partial charge in [-0.3, -0.25) is 15.5 Å². The van der Waals surface area contributed by atoms with Gasteiger partial charge in [-0.1, -0.05) is 17.7 Å². The summed E-state index contributed by atoms with van der Waals surface area (Å²) in [7, 11) is 0. The maximum atomic E-state index is 10.6. The molecule has 2 rings (SSSR count). The fourth-order valence-corrected chi connectivity index (χ4v) is 1.66. The molecule has 0 saturated heterocycles. The number of nitro benzene ring substituents is 1. The number of nitro groups is 1. The molecule has 0 radical (unpaired) electrons. The molecule has 0 bridgehead atoms. The third-order valence-electron chi connectivity index (χ3n) is 2.44. The number of aromatic hydroxyl groups is 1. The van der Waals surface area contributed by atoms with Gasteiger partial charge in [-0.15, -0.1) is 0 Å². The van der Waals surface area contributed by atoms with Crippen LogP contribution in [-0.4, -0.2) is 16.2 Å². The Morgan fingerprint density at radius 2 is 2.10 bits per heavy atom. The zero-order valence-electron chi connectivity index (χ0n) is 10.2. The lowest BCUT2D eigenvalue weighted by atomic mass is 10.2. The Morgan fingerprint density at radius 1 is 1.30 bits per heavy atom. The van der Waals surface area contributed by atoms with Crippen LogP contribution in [0.5, 0.6) is 5.75 Å². The smallest absolute Gasteiger partial charge is 0.271 e. The minimum Gasteiger partial charge on any atom is -0.506 e. The second-order valence-electron chi connectivity index (χ2n) is 3.89.